The molecule has 3 rings (SSSR count). The lowest BCUT2D eigenvalue weighted by molar-refractivity contribution is -0.132. The van der Waals surface area contributed by atoms with Gasteiger partial charge in [-0.2, -0.15) is 23.5 Å². The lowest BCUT2D eigenvalue weighted by atomic mass is 9.94. The number of epoxide rings is 1. The molecule has 1 aliphatic rings. The van der Waals surface area contributed by atoms with Crippen molar-refractivity contribution in [1.29, 1.82) is 0 Å². The molecule has 1 fully saturated rings. The highest BCUT2D eigenvalue weighted by molar-refractivity contribution is 7.98. The van der Waals surface area contributed by atoms with Crippen LogP contribution < -0.4 is 16.0 Å². The fourth-order valence-corrected chi connectivity index (χ4v) is 5.34. The van der Waals surface area contributed by atoms with Crippen LogP contribution in [-0.4, -0.2) is 77.9 Å². The van der Waals surface area contributed by atoms with Crippen molar-refractivity contribution in [2.24, 2.45) is 0 Å². The minimum atomic E-state index is -0.944. The summed E-state index contributed by atoms with van der Waals surface area (Å²) >= 11 is 14.9. The van der Waals surface area contributed by atoms with Crippen LogP contribution in [-0.2, 0) is 25.5 Å². The van der Waals surface area contributed by atoms with E-state index in [4.69, 9.17) is 27.9 Å². The first-order chi connectivity index (χ1) is 18.6. The molecule has 3 N–H and O–H groups in total. The van der Waals surface area contributed by atoms with Crippen LogP contribution in [0, 0.1) is 0 Å². The van der Waals surface area contributed by atoms with E-state index in [1.165, 1.54) is 35.7 Å². The maximum absolute atomic E-state index is 13.4. The number of Topliss-reactive ketones (excluding diaryl/α,β-unsaturated/α-hetero) is 1. The van der Waals surface area contributed by atoms with Gasteiger partial charge in [0.2, 0.25) is 11.8 Å². The zero-order valence-electron chi connectivity index (χ0n) is 21.8. The maximum Gasteiger partial charge on any atom is 0.253 e. The number of carbonyl (C=O) groups excluding carboxylic acids is 4. The van der Waals surface area contributed by atoms with Crippen LogP contribution in [0.4, 0.5) is 0 Å². The van der Waals surface area contributed by atoms with Crippen LogP contribution in [0.3, 0.4) is 0 Å². The number of carbonyl (C=O) groups is 4. The predicted molar refractivity (Wildman–Crippen MR) is 158 cm³/mol. The van der Waals surface area contributed by atoms with Crippen molar-refractivity contribution in [3.63, 3.8) is 0 Å². The molecular formula is C27H31Cl2N3O5S2. The summed E-state index contributed by atoms with van der Waals surface area (Å²) in [6, 6.07) is 11.1. The number of halogens is 2. The molecule has 0 saturated carbocycles. The fourth-order valence-electron chi connectivity index (χ4n) is 3.83. The van der Waals surface area contributed by atoms with Gasteiger partial charge in [0.1, 0.15) is 17.7 Å². The Labute approximate surface area is 246 Å². The molecule has 0 radical (unpaired) electrons. The Balaban J connectivity index is 1.73. The number of rotatable bonds is 14. The molecule has 39 heavy (non-hydrogen) atoms. The highest BCUT2D eigenvalue weighted by atomic mass is 35.5. The van der Waals surface area contributed by atoms with Gasteiger partial charge in [-0.1, -0.05) is 53.5 Å². The summed E-state index contributed by atoms with van der Waals surface area (Å²) in [6.45, 7) is 1.99. The first kappa shape index (κ1) is 31.3. The zero-order valence-corrected chi connectivity index (χ0v) is 24.9. The van der Waals surface area contributed by atoms with E-state index in [0.717, 1.165) is 5.56 Å². The Hall–Kier alpha value is -2.24. The Morgan fingerprint density at radius 2 is 1.46 bits per heavy atom. The van der Waals surface area contributed by atoms with Crippen LogP contribution in [0.5, 0.6) is 0 Å². The molecule has 2 aromatic carbocycles. The molecule has 2 aromatic rings. The van der Waals surface area contributed by atoms with Crippen LogP contribution in [0.1, 0.15) is 22.8 Å². The molecular weight excluding hydrogens is 581 g/mol. The lowest BCUT2D eigenvalue weighted by Crippen LogP contribution is -2.58. The third-order valence-corrected chi connectivity index (χ3v) is 8.01. The average Bonchev–Trinajstić information content (AvgIpc) is 3.67. The van der Waals surface area contributed by atoms with Crippen molar-refractivity contribution in [2.75, 3.05) is 30.6 Å². The molecule has 0 aromatic heterocycles. The largest absolute Gasteiger partial charge is 0.361 e. The molecule has 0 bridgehead atoms. The van der Waals surface area contributed by atoms with Crippen molar-refractivity contribution >= 4 is 70.2 Å². The number of hydrogen-bond donors (Lipinski definition) is 3. The van der Waals surface area contributed by atoms with Gasteiger partial charge in [0.15, 0.2) is 5.78 Å². The predicted octanol–water partition coefficient (Wildman–Crippen LogP) is 3.39. The summed E-state index contributed by atoms with van der Waals surface area (Å²) in [7, 11) is 0. The minimum absolute atomic E-state index is 0.138. The van der Waals surface area contributed by atoms with Gasteiger partial charge in [0.05, 0.1) is 23.2 Å². The third-order valence-electron chi connectivity index (χ3n) is 6.11. The minimum Gasteiger partial charge on any atom is -0.361 e. The third kappa shape index (κ3) is 8.88. The van der Waals surface area contributed by atoms with E-state index < -0.39 is 41.4 Å². The molecule has 1 aliphatic heterocycles. The molecule has 8 nitrogen and oxygen atoms in total. The lowest BCUT2D eigenvalue weighted by Gasteiger charge is -2.25. The molecule has 210 valence electrons. The van der Waals surface area contributed by atoms with Gasteiger partial charge in [-0.15, -0.1) is 0 Å². The van der Waals surface area contributed by atoms with Crippen molar-refractivity contribution < 1.29 is 23.9 Å². The van der Waals surface area contributed by atoms with Crippen molar-refractivity contribution in [3.05, 3.63) is 69.7 Å². The molecule has 0 aliphatic carbocycles. The van der Waals surface area contributed by atoms with Gasteiger partial charge in [0.25, 0.3) is 5.91 Å². The van der Waals surface area contributed by atoms with E-state index in [1.54, 1.807) is 25.5 Å². The summed E-state index contributed by atoms with van der Waals surface area (Å²) in [4.78, 5) is 52.7. The van der Waals surface area contributed by atoms with Gasteiger partial charge in [-0.3, -0.25) is 19.2 Å². The molecule has 12 heteroatoms. The van der Waals surface area contributed by atoms with E-state index in [9.17, 15) is 19.2 Å². The van der Waals surface area contributed by atoms with E-state index in [1.807, 2.05) is 30.3 Å². The number of thioether (sulfide) groups is 2. The quantitative estimate of drug-likeness (QED) is 0.280. The van der Waals surface area contributed by atoms with E-state index in [-0.39, 0.29) is 34.3 Å². The van der Waals surface area contributed by atoms with Crippen LogP contribution in [0.15, 0.2) is 48.5 Å². The molecule has 0 unspecified atom stereocenters. The maximum atomic E-state index is 13.4. The summed E-state index contributed by atoms with van der Waals surface area (Å²) < 4.78 is 5.34. The first-order valence-corrected chi connectivity index (χ1v) is 15.7. The van der Waals surface area contributed by atoms with Gasteiger partial charge in [-0.25, -0.2) is 0 Å². The van der Waals surface area contributed by atoms with Gasteiger partial charge in [-0.05, 0) is 49.6 Å². The second kappa shape index (κ2) is 14.4. The normalized spacial score (nSPS) is 18.4. The SMILES string of the molecule is CSC[C@H](NC(=O)c1cc(Cl)ccc1Cl)C(=O)N[C@@H](CSC)C(=O)N[C@@H](Cc1ccccc1)C(=O)[C@@]1(C)CO1. The fraction of sp³-hybridized carbons (Fsp3) is 0.407. The number of ether oxygens (including phenoxy) is 1. The topological polar surface area (TPSA) is 117 Å². The Bertz CT molecular complexity index is 1200. The number of nitrogens with one attached hydrogen (secondary N) is 3. The number of ketones is 1. The van der Waals surface area contributed by atoms with Crippen molar-refractivity contribution in [1.82, 2.24) is 16.0 Å². The average molecular weight is 613 g/mol. The second-order valence-electron chi connectivity index (χ2n) is 9.26. The Morgan fingerprint density at radius 1 is 0.897 bits per heavy atom. The summed E-state index contributed by atoms with van der Waals surface area (Å²) in [5.74, 6) is -1.29. The van der Waals surface area contributed by atoms with E-state index in [2.05, 4.69) is 16.0 Å². The molecule has 0 spiro atoms. The molecule has 4 atom stereocenters. The van der Waals surface area contributed by atoms with Gasteiger partial charge >= 0.3 is 0 Å². The van der Waals surface area contributed by atoms with Crippen molar-refractivity contribution in [3.8, 4) is 0 Å². The molecule has 1 heterocycles. The summed E-state index contributed by atoms with van der Waals surface area (Å²) in [5, 5.41) is 8.79. The monoisotopic (exact) mass is 611 g/mol. The number of hydrogen-bond acceptors (Lipinski definition) is 7. The smallest absolute Gasteiger partial charge is 0.253 e. The van der Waals surface area contributed by atoms with E-state index in [0.29, 0.717) is 11.6 Å². The highest BCUT2D eigenvalue weighted by Gasteiger charge is 2.50. The first-order valence-electron chi connectivity index (χ1n) is 12.1. The number of amides is 3. The summed E-state index contributed by atoms with van der Waals surface area (Å²) in [5.41, 5.74) is 0.0909. The Morgan fingerprint density at radius 3 is 2.03 bits per heavy atom. The van der Waals surface area contributed by atoms with E-state index >= 15 is 0 Å². The van der Waals surface area contributed by atoms with Gasteiger partial charge < -0.3 is 20.7 Å². The van der Waals surface area contributed by atoms with Crippen LogP contribution >= 0.6 is 46.7 Å². The van der Waals surface area contributed by atoms with Crippen LogP contribution in [0.2, 0.25) is 10.0 Å². The highest BCUT2D eigenvalue weighted by Crippen LogP contribution is 2.29. The second-order valence-corrected chi connectivity index (χ2v) is 11.9. The summed E-state index contributed by atoms with van der Waals surface area (Å²) in [6.07, 6.45) is 3.89. The molecule has 1 saturated heterocycles. The zero-order chi connectivity index (χ0) is 28.6. The standard InChI is InChI=1S/C27H31Cl2N3O5S2/c1-27(15-37-27)23(33)20(11-16-7-5-4-6-8-16)30-25(35)22(14-39-3)32-26(36)21(13-38-2)31-24(34)18-12-17(28)9-10-19(18)29/h4-10,12,20-22H,11,13-15H2,1-3H3,(H,30,35)(H,31,34)(H,32,36)/t20-,21-,22-,27+/m0/s1. The Kier molecular flexibility index (Phi) is 11.6. The number of benzene rings is 2. The molecule has 3 amide bonds. The van der Waals surface area contributed by atoms with Crippen LogP contribution in [0.25, 0.3) is 0 Å². The van der Waals surface area contributed by atoms with Gasteiger partial charge in [0, 0.05) is 16.5 Å². The van der Waals surface area contributed by atoms with Crippen molar-refractivity contribution in [2.45, 2.75) is 37.1 Å².